The van der Waals surface area contributed by atoms with Crippen LogP contribution in [0.3, 0.4) is 0 Å². The molecule has 5 nitrogen and oxygen atoms in total. The van der Waals surface area contributed by atoms with Gasteiger partial charge in [-0.2, -0.15) is 0 Å². The zero-order valence-electron chi connectivity index (χ0n) is 11.8. The van der Waals surface area contributed by atoms with Crippen LogP contribution in [-0.4, -0.2) is 15.9 Å². The monoisotopic (exact) mass is 270 g/mol. The maximum atomic E-state index is 12.2. The minimum Gasteiger partial charge on any atom is -0.384 e. The first kappa shape index (κ1) is 14.0. The highest BCUT2D eigenvalue weighted by Gasteiger charge is 2.11. The average Bonchev–Trinajstić information content (AvgIpc) is 2.37. The maximum absolute atomic E-state index is 12.2. The lowest BCUT2D eigenvalue weighted by molar-refractivity contribution is 0.102. The number of carbonyl (C=O) groups excluding carboxylic acids is 1. The van der Waals surface area contributed by atoms with E-state index in [0.29, 0.717) is 17.2 Å². The van der Waals surface area contributed by atoms with Crippen molar-refractivity contribution < 1.29 is 4.79 Å². The van der Waals surface area contributed by atoms with Crippen molar-refractivity contribution in [2.24, 2.45) is 0 Å². The molecule has 0 unspecified atom stereocenters. The molecule has 2 heterocycles. The fourth-order valence-corrected chi connectivity index (χ4v) is 1.80. The highest BCUT2D eigenvalue weighted by atomic mass is 16.1. The number of aryl methyl sites for hydroxylation is 1. The van der Waals surface area contributed by atoms with E-state index in [1.165, 1.54) is 0 Å². The van der Waals surface area contributed by atoms with Gasteiger partial charge in [0.1, 0.15) is 11.6 Å². The van der Waals surface area contributed by atoms with E-state index < -0.39 is 0 Å². The fourth-order valence-electron chi connectivity index (χ4n) is 1.80. The van der Waals surface area contributed by atoms with Gasteiger partial charge in [-0.05, 0) is 37.1 Å². The van der Waals surface area contributed by atoms with Crippen molar-refractivity contribution in [1.29, 1.82) is 0 Å². The predicted octanol–water partition coefficient (Wildman–Crippen LogP) is 2.74. The highest BCUT2D eigenvalue weighted by molar-refractivity contribution is 6.04. The Kier molecular flexibility index (Phi) is 3.98. The van der Waals surface area contributed by atoms with Crippen molar-refractivity contribution in [3.05, 3.63) is 47.3 Å². The fraction of sp³-hybridized carbons (Fsp3) is 0.267. The first-order valence-corrected chi connectivity index (χ1v) is 6.48. The Morgan fingerprint density at radius 2 is 2.00 bits per heavy atom. The molecule has 0 aliphatic heterocycles. The Morgan fingerprint density at radius 1 is 1.25 bits per heavy atom. The molecular weight excluding hydrogens is 252 g/mol. The second-order valence-electron chi connectivity index (χ2n) is 4.98. The first-order valence-electron chi connectivity index (χ1n) is 6.48. The number of anilines is 2. The molecule has 5 heteroatoms. The molecule has 0 bridgehead atoms. The average molecular weight is 270 g/mol. The van der Waals surface area contributed by atoms with Crippen LogP contribution in [0.5, 0.6) is 0 Å². The molecule has 20 heavy (non-hydrogen) atoms. The molecule has 1 amide bonds. The summed E-state index contributed by atoms with van der Waals surface area (Å²) >= 11 is 0. The Labute approximate surface area is 118 Å². The van der Waals surface area contributed by atoms with Gasteiger partial charge in [-0.3, -0.25) is 4.79 Å². The molecule has 104 valence electrons. The third kappa shape index (κ3) is 3.32. The van der Waals surface area contributed by atoms with E-state index in [1.807, 2.05) is 32.9 Å². The van der Waals surface area contributed by atoms with Crippen molar-refractivity contribution >= 4 is 17.5 Å². The van der Waals surface area contributed by atoms with Gasteiger partial charge in [-0.25, -0.2) is 9.97 Å². The van der Waals surface area contributed by atoms with Gasteiger partial charge in [0.05, 0.1) is 0 Å². The Morgan fingerprint density at radius 3 is 2.65 bits per heavy atom. The summed E-state index contributed by atoms with van der Waals surface area (Å²) in [5, 5.41) is 2.76. The number of rotatable bonds is 3. The van der Waals surface area contributed by atoms with Crippen LogP contribution in [0.15, 0.2) is 30.3 Å². The normalized spacial score (nSPS) is 10.6. The van der Waals surface area contributed by atoms with Crippen LogP contribution < -0.4 is 11.1 Å². The zero-order valence-corrected chi connectivity index (χ0v) is 11.8. The first-order chi connectivity index (χ1) is 9.45. The van der Waals surface area contributed by atoms with Crippen LogP contribution in [0.1, 0.15) is 41.5 Å². The molecule has 0 aromatic carbocycles. The molecule has 0 spiro atoms. The van der Waals surface area contributed by atoms with E-state index in [1.54, 1.807) is 18.2 Å². The maximum Gasteiger partial charge on any atom is 0.257 e. The molecule has 2 aromatic rings. The number of carbonyl (C=O) groups is 1. The van der Waals surface area contributed by atoms with Gasteiger partial charge >= 0.3 is 0 Å². The number of pyridine rings is 2. The molecule has 2 rings (SSSR count). The SMILES string of the molecule is Cc1cccc(NC(=O)c2cc(N)nc(C(C)C)c2)n1. The minimum absolute atomic E-state index is 0.210. The molecule has 0 saturated carbocycles. The van der Waals surface area contributed by atoms with E-state index in [9.17, 15) is 4.79 Å². The smallest absolute Gasteiger partial charge is 0.257 e. The Balaban J connectivity index is 2.25. The molecule has 0 fully saturated rings. The van der Waals surface area contributed by atoms with Crippen molar-refractivity contribution in [2.45, 2.75) is 26.7 Å². The number of aromatic nitrogens is 2. The van der Waals surface area contributed by atoms with Crippen molar-refractivity contribution in [2.75, 3.05) is 11.1 Å². The lowest BCUT2D eigenvalue weighted by Gasteiger charge is -2.09. The molecule has 0 radical (unpaired) electrons. The number of nitrogens with two attached hydrogens (primary N) is 1. The lowest BCUT2D eigenvalue weighted by Crippen LogP contribution is -2.14. The van der Waals surface area contributed by atoms with Crippen LogP contribution in [0.4, 0.5) is 11.6 Å². The summed E-state index contributed by atoms with van der Waals surface area (Å²) in [5.41, 5.74) is 7.88. The lowest BCUT2D eigenvalue weighted by atomic mass is 10.1. The molecule has 0 aliphatic carbocycles. The van der Waals surface area contributed by atoms with E-state index in [0.717, 1.165) is 11.4 Å². The Hall–Kier alpha value is -2.43. The van der Waals surface area contributed by atoms with Gasteiger partial charge in [-0.1, -0.05) is 19.9 Å². The third-order valence-corrected chi connectivity index (χ3v) is 2.85. The van der Waals surface area contributed by atoms with Crippen molar-refractivity contribution in [3.8, 4) is 0 Å². The zero-order chi connectivity index (χ0) is 14.7. The Bertz CT molecular complexity index is 638. The highest BCUT2D eigenvalue weighted by Crippen LogP contribution is 2.17. The molecule has 0 saturated heterocycles. The van der Waals surface area contributed by atoms with Gasteiger partial charge in [-0.15, -0.1) is 0 Å². The molecule has 3 N–H and O–H groups in total. The number of hydrogen-bond acceptors (Lipinski definition) is 4. The van der Waals surface area contributed by atoms with Crippen LogP contribution in [0.25, 0.3) is 0 Å². The third-order valence-electron chi connectivity index (χ3n) is 2.85. The second kappa shape index (κ2) is 5.69. The number of nitrogen functional groups attached to an aromatic ring is 1. The summed E-state index contributed by atoms with van der Waals surface area (Å²) in [5.74, 6) is 0.844. The van der Waals surface area contributed by atoms with Crippen molar-refractivity contribution in [3.63, 3.8) is 0 Å². The van der Waals surface area contributed by atoms with Crippen molar-refractivity contribution in [1.82, 2.24) is 9.97 Å². The molecule has 2 aromatic heterocycles. The molecular formula is C15H18N4O. The molecule has 0 atom stereocenters. The van der Waals surface area contributed by atoms with Gasteiger partial charge in [0.25, 0.3) is 5.91 Å². The number of amides is 1. The predicted molar refractivity (Wildman–Crippen MR) is 79.7 cm³/mol. The summed E-state index contributed by atoms with van der Waals surface area (Å²) in [6, 6.07) is 8.79. The minimum atomic E-state index is -0.237. The topological polar surface area (TPSA) is 80.9 Å². The number of nitrogens with one attached hydrogen (secondary N) is 1. The van der Waals surface area contributed by atoms with Gasteiger partial charge in [0.2, 0.25) is 0 Å². The van der Waals surface area contributed by atoms with Gasteiger partial charge in [0, 0.05) is 17.0 Å². The van der Waals surface area contributed by atoms with E-state index in [-0.39, 0.29) is 11.8 Å². The quantitative estimate of drug-likeness (QED) is 0.898. The van der Waals surface area contributed by atoms with Crippen LogP contribution in [0.2, 0.25) is 0 Å². The number of nitrogens with zero attached hydrogens (tertiary/aromatic N) is 2. The second-order valence-corrected chi connectivity index (χ2v) is 4.98. The molecule has 0 aliphatic rings. The van der Waals surface area contributed by atoms with Gasteiger partial charge < -0.3 is 11.1 Å². The summed E-state index contributed by atoms with van der Waals surface area (Å²) < 4.78 is 0. The summed E-state index contributed by atoms with van der Waals surface area (Å²) in [6.45, 7) is 5.88. The van der Waals surface area contributed by atoms with E-state index in [2.05, 4.69) is 15.3 Å². The summed E-state index contributed by atoms with van der Waals surface area (Å²) in [4.78, 5) is 20.7. The van der Waals surface area contributed by atoms with Gasteiger partial charge in [0.15, 0.2) is 0 Å². The summed E-state index contributed by atoms with van der Waals surface area (Å²) in [7, 11) is 0. The van der Waals surface area contributed by atoms with E-state index in [4.69, 9.17) is 5.73 Å². The largest absolute Gasteiger partial charge is 0.384 e. The van der Waals surface area contributed by atoms with Crippen LogP contribution in [-0.2, 0) is 0 Å². The number of hydrogen-bond donors (Lipinski definition) is 2. The van der Waals surface area contributed by atoms with E-state index >= 15 is 0 Å². The summed E-state index contributed by atoms with van der Waals surface area (Å²) in [6.07, 6.45) is 0. The van der Waals surface area contributed by atoms with Crippen LogP contribution >= 0.6 is 0 Å². The standard InChI is InChI=1S/C15H18N4O/c1-9(2)12-7-11(8-13(16)18-12)15(20)19-14-6-4-5-10(3)17-14/h4-9H,1-3H3,(H2,16,18)(H,17,19,20). The van der Waals surface area contributed by atoms with Crippen LogP contribution in [0, 0.1) is 6.92 Å².